The third-order valence-electron chi connectivity index (χ3n) is 5.34. The molecule has 1 saturated heterocycles. The van der Waals surface area contributed by atoms with Crippen molar-refractivity contribution in [1.82, 2.24) is 19.9 Å². The van der Waals surface area contributed by atoms with Crippen molar-refractivity contribution in [2.45, 2.75) is 26.3 Å². The fraction of sp³-hybridized carbons (Fsp3) is 0.348. The lowest BCUT2D eigenvalue weighted by atomic mass is 10.0. The Bertz CT molecular complexity index is 943. The first-order valence-corrected chi connectivity index (χ1v) is 10.1. The van der Waals surface area contributed by atoms with Gasteiger partial charge in [-0.1, -0.05) is 61.5 Å². The summed E-state index contributed by atoms with van der Waals surface area (Å²) in [6, 6.07) is 17.7. The molecular weight excluding hydrogens is 364 g/mol. The SMILES string of the molecule is CC(C)c1ccc(-c2noc(CN3CCN(C(=O)c4ccccc4)CC3)n2)cc1. The number of hydrogen-bond donors (Lipinski definition) is 0. The summed E-state index contributed by atoms with van der Waals surface area (Å²) in [5.74, 6) is 1.82. The van der Waals surface area contributed by atoms with E-state index in [2.05, 4.69) is 41.0 Å². The summed E-state index contributed by atoms with van der Waals surface area (Å²) in [6.45, 7) is 7.93. The summed E-state index contributed by atoms with van der Waals surface area (Å²) in [6.07, 6.45) is 0. The van der Waals surface area contributed by atoms with Crippen molar-refractivity contribution in [3.63, 3.8) is 0 Å². The molecule has 1 aromatic heterocycles. The number of nitrogens with zero attached hydrogens (tertiary/aromatic N) is 4. The van der Waals surface area contributed by atoms with Gasteiger partial charge in [-0.3, -0.25) is 9.69 Å². The number of aromatic nitrogens is 2. The summed E-state index contributed by atoms with van der Waals surface area (Å²) >= 11 is 0. The molecule has 1 aliphatic heterocycles. The molecule has 0 N–H and O–H groups in total. The van der Waals surface area contributed by atoms with Gasteiger partial charge in [0.15, 0.2) is 0 Å². The first-order valence-electron chi connectivity index (χ1n) is 10.1. The van der Waals surface area contributed by atoms with Gasteiger partial charge in [0.2, 0.25) is 11.7 Å². The highest BCUT2D eigenvalue weighted by molar-refractivity contribution is 5.94. The summed E-state index contributed by atoms with van der Waals surface area (Å²) in [5.41, 5.74) is 2.99. The van der Waals surface area contributed by atoms with Crippen LogP contribution in [0.2, 0.25) is 0 Å². The molecule has 0 radical (unpaired) electrons. The second-order valence-corrected chi connectivity index (χ2v) is 7.72. The molecule has 1 amide bonds. The number of amides is 1. The minimum Gasteiger partial charge on any atom is -0.338 e. The van der Waals surface area contributed by atoms with Gasteiger partial charge in [-0.15, -0.1) is 0 Å². The van der Waals surface area contributed by atoms with Crippen molar-refractivity contribution in [1.29, 1.82) is 0 Å². The Morgan fingerprint density at radius 3 is 2.34 bits per heavy atom. The van der Waals surface area contributed by atoms with Gasteiger partial charge in [0.05, 0.1) is 6.54 Å². The largest absolute Gasteiger partial charge is 0.338 e. The van der Waals surface area contributed by atoms with E-state index in [1.807, 2.05) is 47.4 Å². The first kappa shape index (κ1) is 19.3. The Hall–Kier alpha value is -2.99. The highest BCUT2D eigenvalue weighted by Crippen LogP contribution is 2.21. The molecule has 29 heavy (non-hydrogen) atoms. The average molecular weight is 390 g/mol. The van der Waals surface area contributed by atoms with E-state index in [-0.39, 0.29) is 5.91 Å². The summed E-state index contributed by atoms with van der Waals surface area (Å²) < 4.78 is 5.46. The monoisotopic (exact) mass is 390 g/mol. The Morgan fingerprint density at radius 2 is 1.69 bits per heavy atom. The third kappa shape index (κ3) is 4.54. The maximum absolute atomic E-state index is 12.6. The zero-order valence-corrected chi connectivity index (χ0v) is 16.9. The fourth-order valence-corrected chi connectivity index (χ4v) is 3.52. The number of benzene rings is 2. The molecule has 0 atom stereocenters. The van der Waals surface area contributed by atoms with Crippen molar-refractivity contribution in [2.75, 3.05) is 26.2 Å². The van der Waals surface area contributed by atoms with E-state index in [4.69, 9.17) is 4.52 Å². The van der Waals surface area contributed by atoms with Crippen LogP contribution in [-0.4, -0.2) is 52.0 Å². The molecule has 0 spiro atoms. The van der Waals surface area contributed by atoms with E-state index in [1.54, 1.807) is 0 Å². The quantitative estimate of drug-likeness (QED) is 0.663. The molecule has 0 unspecified atom stereocenters. The molecule has 0 saturated carbocycles. The Kier molecular flexibility index (Phi) is 5.71. The Morgan fingerprint density at radius 1 is 1.00 bits per heavy atom. The highest BCUT2D eigenvalue weighted by atomic mass is 16.5. The van der Waals surface area contributed by atoms with Gasteiger partial charge in [0, 0.05) is 37.3 Å². The molecule has 6 heteroatoms. The predicted octanol–water partition coefficient (Wildman–Crippen LogP) is 3.82. The molecule has 150 valence electrons. The average Bonchev–Trinajstić information content (AvgIpc) is 3.23. The van der Waals surface area contributed by atoms with Crippen LogP contribution in [0, 0.1) is 0 Å². The van der Waals surface area contributed by atoms with Crippen molar-refractivity contribution >= 4 is 5.91 Å². The summed E-state index contributed by atoms with van der Waals surface area (Å²) in [4.78, 5) is 21.3. The predicted molar refractivity (Wildman–Crippen MR) is 111 cm³/mol. The number of carbonyl (C=O) groups excluding carboxylic acids is 1. The van der Waals surface area contributed by atoms with Crippen molar-refractivity contribution in [3.8, 4) is 11.4 Å². The molecular formula is C23H26N4O2. The standard InChI is InChI=1S/C23H26N4O2/c1-17(2)18-8-10-19(11-9-18)22-24-21(29-25-22)16-26-12-14-27(15-13-26)23(28)20-6-4-3-5-7-20/h3-11,17H,12-16H2,1-2H3. The molecule has 4 rings (SSSR count). The van der Waals surface area contributed by atoms with Crippen LogP contribution in [0.15, 0.2) is 59.1 Å². The molecule has 0 bridgehead atoms. The minimum atomic E-state index is 0.0928. The molecule has 2 heterocycles. The van der Waals surface area contributed by atoms with Crippen LogP contribution in [0.3, 0.4) is 0 Å². The topological polar surface area (TPSA) is 62.5 Å². The van der Waals surface area contributed by atoms with Crippen molar-refractivity contribution in [3.05, 3.63) is 71.6 Å². The zero-order valence-electron chi connectivity index (χ0n) is 16.9. The van der Waals surface area contributed by atoms with Crippen molar-refractivity contribution < 1.29 is 9.32 Å². The van der Waals surface area contributed by atoms with Gasteiger partial charge in [-0.05, 0) is 23.6 Å². The molecule has 0 aliphatic carbocycles. The van der Waals surface area contributed by atoms with Gasteiger partial charge in [-0.25, -0.2) is 0 Å². The lowest BCUT2D eigenvalue weighted by Gasteiger charge is -2.34. The molecule has 1 aliphatic rings. The second kappa shape index (κ2) is 8.57. The van der Waals surface area contributed by atoms with E-state index >= 15 is 0 Å². The summed E-state index contributed by atoms with van der Waals surface area (Å²) in [5, 5.41) is 4.13. The smallest absolute Gasteiger partial charge is 0.253 e. The fourth-order valence-electron chi connectivity index (χ4n) is 3.52. The van der Waals surface area contributed by atoms with E-state index in [9.17, 15) is 4.79 Å². The maximum Gasteiger partial charge on any atom is 0.253 e. The van der Waals surface area contributed by atoms with Crippen LogP contribution in [0.4, 0.5) is 0 Å². The van der Waals surface area contributed by atoms with Gasteiger partial charge >= 0.3 is 0 Å². The summed E-state index contributed by atoms with van der Waals surface area (Å²) in [7, 11) is 0. The van der Waals surface area contributed by atoms with Crippen molar-refractivity contribution in [2.24, 2.45) is 0 Å². The van der Waals surface area contributed by atoms with Crippen LogP contribution in [-0.2, 0) is 6.54 Å². The van der Waals surface area contributed by atoms with E-state index in [1.165, 1.54) is 5.56 Å². The van der Waals surface area contributed by atoms with Gasteiger partial charge in [0.25, 0.3) is 5.91 Å². The van der Waals surface area contributed by atoms with E-state index < -0.39 is 0 Å². The number of carbonyl (C=O) groups is 1. The lowest BCUT2D eigenvalue weighted by Crippen LogP contribution is -2.48. The van der Waals surface area contributed by atoms with Gasteiger partial charge in [0.1, 0.15) is 0 Å². The van der Waals surface area contributed by atoms with Gasteiger partial charge < -0.3 is 9.42 Å². The van der Waals surface area contributed by atoms with Crippen LogP contribution >= 0.6 is 0 Å². The van der Waals surface area contributed by atoms with Crippen LogP contribution < -0.4 is 0 Å². The highest BCUT2D eigenvalue weighted by Gasteiger charge is 2.23. The Balaban J connectivity index is 1.33. The molecule has 2 aromatic carbocycles. The van der Waals surface area contributed by atoms with Crippen LogP contribution in [0.1, 0.15) is 41.6 Å². The van der Waals surface area contributed by atoms with E-state index in [0.717, 1.165) is 24.2 Å². The number of hydrogen-bond acceptors (Lipinski definition) is 5. The molecule has 6 nitrogen and oxygen atoms in total. The first-order chi connectivity index (χ1) is 14.1. The second-order valence-electron chi connectivity index (χ2n) is 7.72. The van der Waals surface area contributed by atoms with Gasteiger partial charge in [-0.2, -0.15) is 4.98 Å². The van der Waals surface area contributed by atoms with E-state index in [0.29, 0.717) is 37.3 Å². The third-order valence-corrected chi connectivity index (χ3v) is 5.34. The normalized spacial score (nSPS) is 15.1. The number of rotatable bonds is 5. The molecule has 3 aromatic rings. The zero-order chi connectivity index (χ0) is 20.2. The Labute approximate surface area is 171 Å². The lowest BCUT2D eigenvalue weighted by molar-refractivity contribution is 0.0615. The maximum atomic E-state index is 12.6. The minimum absolute atomic E-state index is 0.0928. The molecule has 1 fully saturated rings. The van der Waals surface area contributed by atoms with Crippen LogP contribution in [0.25, 0.3) is 11.4 Å². The van der Waals surface area contributed by atoms with Crippen LogP contribution in [0.5, 0.6) is 0 Å². The number of piperazine rings is 1.